The summed E-state index contributed by atoms with van der Waals surface area (Å²) < 4.78 is 8.92. The van der Waals surface area contributed by atoms with Gasteiger partial charge in [-0.3, -0.25) is 34.1 Å². The lowest BCUT2D eigenvalue weighted by Gasteiger charge is -2.40. The summed E-state index contributed by atoms with van der Waals surface area (Å²) in [7, 11) is 5.13. The average molecular weight is 795 g/mol. The number of hydrogen-bond donors (Lipinski definition) is 3. The summed E-state index contributed by atoms with van der Waals surface area (Å²) in [6.45, 7) is 6.31. The number of para-hydroxylation sites is 1. The Hall–Kier alpha value is -5.67. The van der Waals surface area contributed by atoms with Gasteiger partial charge >= 0.3 is 0 Å². The quantitative estimate of drug-likeness (QED) is 0.176. The van der Waals surface area contributed by atoms with Gasteiger partial charge in [-0.25, -0.2) is 4.98 Å². The number of nitrogens with zero attached hydrogens (tertiary/aromatic N) is 7. The number of halogens is 1. The first kappa shape index (κ1) is 38.2. The van der Waals surface area contributed by atoms with Gasteiger partial charge in [-0.05, 0) is 55.5 Å². The molecule has 0 radical (unpaired) electrons. The van der Waals surface area contributed by atoms with E-state index in [0.29, 0.717) is 23.8 Å². The van der Waals surface area contributed by atoms with Gasteiger partial charge in [0.05, 0.1) is 45.2 Å². The summed E-state index contributed by atoms with van der Waals surface area (Å²) in [5.74, 6) is 0.331. The van der Waals surface area contributed by atoms with E-state index in [4.69, 9.17) is 21.4 Å². The SMILES string of the molecule is CNC(=O)COc1cc2cc(Nc3cc(N4CCN(CC5CCN(c6cccc7c(C8CCC(=O)NC8=O)nn(C)c67)CC5)CC4)ncc3Cl)ccc2n(C)c1=O. The average Bonchev–Trinajstić information content (AvgIpc) is 3.55. The minimum atomic E-state index is -0.420. The van der Waals surface area contributed by atoms with Gasteiger partial charge in [-0.15, -0.1) is 0 Å². The summed E-state index contributed by atoms with van der Waals surface area (Å²) >= 11 is 6.63. The molecule has 3 aromatic heterocycles. The smallest absolute Gasteiger partial charge is 0.293 e. The third-order valence-corrected chi connectivity index (χ3v) is 11.9. The number of pyridine rings is 2. The second kappa shape index (κ2) is 16.1. The Morgan fingerprint density at radius 2 is 1.75 bits per heavy atom. The van der Waals surface area contributed by atoms with Crippen LogP contribution >= 0.6 is 11.6 Å². The number of carbonyl (C=O) groups is 3. The van der Waals surface area contributed by atoms with Crippen LogP contribution in [0.4, 0.5) is 22.9 Å². The Kier molecular flexibility index (Phi) is 10.8. The van der Waals surface area contributed by atoms with E-state index in [-0.39, 0.29) is 35.6 Å². The van der Waals surface area contributed by atoms with Crippen LogP contribution in [0.15, 0.2) is 59.5 Å². The Balaban J connectivity index is 0.866. The molecular formula is C41H47ClN10O5. The number of piperazine rings is 1. The van der Waals surface area contributed by atoms with Crippen molar-refractivity contribution in [2.45, 2.75) is 31.6 Å². The van der Waals surface area contributed by atoms with E-state index in [2.05, 4.69) is 41.7 Å². The Bertz CT molecular complexity index is 2410. The van der Waals surface area contributed by atoms with Gasteiger partial charge in [0, 0.05) is 95.9 Å². The fraction of sp³-hybridized carbons (Fsp3) is 0.415. The minimum Gasteiger partial charge on any atom is -0.478 e. The van der Waals surface area contributed by atoms with Crippen LogP contribution in [0.3, 0.4) is 0 Å². The van der Waals surface area contributed by atoms with Crippen molar-refractivity contribution < 1.29 is 19.1 Å². The van der Waals surface area contributed by atoms with Gasteiger partial charge in [-0.1, -0.05) is 23.7 Å². The zero-order valence-electron chi connectivity index (χ0n) is 32.4. The first-order valence-corrected chi connectivity index (χ1v) is 19.9. The minimum absolute atomic E-state index is 0.0988. The monoisotopic (exact) mass is 794 g/mol. The third kappa shape index (κ3) is 7.86. The van der Waals surface area contributed by atoms with Crippen LogP contribution in [0, 0.1) is 5.92 Å². The fourth-order valence-corrected chi connectivity index (χ4v) is 8.54. The number of aryl methyl sites for hydroxylation is 2. The molecule has 5 aromatic rings. The maximum atomic E-state index is 12.8. The number of ether oxygens (including phenoxy) is 1. The number of hydrogen-bond acceptors (Lipinski definition) is 11. The number of nitrogens with one attached hydrogen (secondary N) is 3. The van der Waals surface area contributed by atoms with Gasteiger partial charge < -0.3 is 29.7 Å². The fourth-order valence-electron chi connectivity index (χ4n) is 8.39. The summed E-state index contributed by atoms with van der Waals surface area (Å²) in [6.07, 6.45) is 4.68. The van der Waals surface area contributed by atoms with Gasteiger partial charge in [0.25, 0.3) is 11.5 Å². The highest BCUT2D eigenvalue weighted by molar-refractivity contribution is 6.33. The number of rotatable bonds is 10. The van der Waals surface area contributed by atoms with Crippen molar-refractivity contribution in [2.75, 3.05) is 74.6 Å². The van der Waals surface area contributed by atoms with E-state index < -0.39 is 5.92 Å². The van der Waals surface area contributed by atoms with Crippen LogP contribution in [0.1, 0.15) is 37.3 Å². The highest BCUT2D eigenvalue weighted by Crippen LogP contribution is 2.36. The maximum Gasteiger partial charge on any atom is 0.293 e. The van der Waals surface area contributed by atoms with E-state index in [9.17, 15) is 19.2 Å². The molecule has 6 heterocycles. The molecule has 1 atom stereocenters. The molecule has 298 valence electrons. The number of imide groups is 1. The van der Waals surface area contributed by atoms with E-state index in [0.717, 1.165) is 109 Å². The molecule has 3 N–H and O–H groups in total. The zero-order chi connectivity index (χ0) is 39.8. The molecule has 1 unspecified atom stereocenters. The van der Waals surface area contributed by atoms with Crippen molar-refractivity contribution in [3.8, 4) is 5.75 Å². The van der Waals surface area contributed by atoms with Crippen molar-refractivity contribution >= 4 is 74.0 Å². The van der Waals surface area contributed by atoms with E-state index in [1.165, 1.54) is 11.6 Å². The lowest BCUT2D eigenvalue weighted by Crippen LogP contribution is -2.49. The first-order valence-electron chi connectivity index (χ1n) is 19.5. The molecule has 3 aliphatic heterocycles. The lowest BCUT2D eigenvalue weighted by atomic mass is 9.92. The van der Waals surface area contributed by atoms with Crippen LogP contribution in [0.25, 0.3) is 21.8 Å². The van der Waals surface area contributed by atoms with Crippen LogP contribution in [-0.4, -0.2) is 101 Å². The molecule has 0 spiro atoms. The molecule has 0 bridgehead atoms. The summed E-state index contributed by atoms with van der Waals surface area (Å²) in [4.78, 5) is 61.0. The normalized spacial score (nSPS) is 18.3. The maximum absolute atomic E-state index is 12.8. The third-order valence-electron chi connectivity index (χ3n) is 11.6. The standard InChI is InChI=1S/C41H47ClN10O5/c1-43-37(54)24-57-34-20-26-19-27(7-9-32(26)48(2)41(34)56)45-31-21-35(44-22-30(31)42)52-17-15-50(16-18-52)23-25-11-13-51(14-12-25)33-6-4-5-28-38(47-49(3)39(28)33)29-8-10-36(53)46-40(29)55/h4-7,9,19-22,25,29H,8,10-18,23-24H2,1-3H3,(H,43,54)(H,44,45)(H,46,53,55). The van der Waals surface area contributed by atoms with Crippen LogP contribution in [0.5, 0.6) is 5.75 Å². The molecule has 3 saturated heterocycles. The van der Waals surface area contributed by atoms with E-state index >= 15 is 0 Å². The van der Waals surface area contributed by atoms with Crippen LogP contribution < -0.4 is 36.0 Å². The number of fused-ring (bicyclic) bond motifs is 2. The number of piperidine rings is 2. The molecule has 15 nitrogen and oxygen atoms in total. The van der Waals surface area contributed by atoms with Gasteiger partial charge in [0.15, 0.2) is 12.4 Å². The number of aromatic nitrogens is 4. The van der Waals surface area contributed by atoms with Gasteiger partial charge in [-0.2, -0.15) is 5.10 Å². The van der Waals surface area contributed by atoms with E-state index in [1.54, 1.807) is 19.3 Å². The topological polar surface area (TPSA) is 159 Å². The molecule has 3 fully saturated rings. The van der Waals surface area contributed by atoms with Crippen molar-refractivity contribution in [2.24, 2.45) is 20.0 Å². The molecule has 57 heavy (non-hydrogen) atoms. The van der Waals surface area contributed by atoms with E-state index in [1.807, 2.05) is 48.1 Å². The summed E-state index contributed by atoms with van der Waals surface area (Å²) in [5.41, 5.74) is 4.84. The van der Waals surface area contributed by atoms with Crippen molar-refractivity contribution in [1.29, 1.82) is 0 Å². The number of benzene rings is 2. The number of anilines is 4. The molecule has 2 aromatic carbocycles. The van der Waals surface area contributed by atoms with Crippen molar-refractivity contribution in [3.63, 3.8) is 0 Å². The zero-order valence-corrected chi connectivity index (χ0v) is 33.1. The predicted molar refractivity (Wildman–Crippen MR) is 221 cm³/mol. The molecular weight excluding hydrogens is 748 g/mol. The van der Waals surface area contributed by atoms with Gasteiger partial charge in [0.2, 0.25) is 11.8 Å². The predicted octanol–water partition coefficient (Wildman–Crippen LogP) is 3.90. The number of amides is 3. The van der Waals surface area contributed by atoms with Crippen molar-refractivity contribution in [1.82, 2.24) is 34.9 Å². The molecule has 0 aliphatic carbocycles. The number of likely N-dealkylation sites (N-methyl/N-ethyl adjacent to an activating group) is 1. The molecule has 16 heteroatoms. The highest BCUT2D eigenvalue weighted by Gasteiger charge is 2.33. The van der Waals surface area contributed by atoms with Gasteiger partial charge in [0.1, 0.15) is 5.82 Å². The molecule has 3 amide bonds. The Morgan fingerprint density at radius 1 is 0.965 bits per heavy atom. The Morgan fingerprint density at radius 3 is 2.51 bits per heavy atom. The number of carbonyl (C=O) groups excluding carboxylic acids is 3. The van der Waals surface area contributed by atoms with Crippen LogP contribution in [-0.2, 0) is 28.5 Å². The lowest BCUT2D eigenvalue weighted by molar-refractivity contribution is -0.134. The molecule has 0 saturated carbocycles. The largest absolute Gasteiger partial charge is 0.478 e. The second-order valence-electron chi connectivity index (χ2n) is 15.2. The highest BCUT2D eigenvalue weighted by atomic mass is 35.5. The summed E-state index contributed by atoms with van der Waals surface area (Å²) in [5, 5.41) is 15.4. The molecule has 3 aliphatic rings. The Labute approximate surface area is 334 Å². The summed E-state index contributed by atoms with van der Waals surface area (Å²) in [6, 6.07) is 15.5. The first-order chi connectivity index (χ1) is 27.6. The second-order valence-corrected chi connectivity index (χ2v) is 15.6. The van der Waals surface area contributed by atoms with Crippen LogP contribution in [0.2, 0.25) is 5.02 Å². The molecule has 8 rings (SSSR count). The van der Waals surface area contributed by atoms with Crippen molar-refractivity contribution in [3.05, 3.63) is 75.8 Å².